The molecule has 0 aliphatic rings. The van der Waals surface area contributed by atoms with Gasteiger partial charge >= 0.3 is 0 Å². The predicted octanol–water partition coefficient (Wildman–Crippen LogP) is 2.77. The zero-order valence-corrected chi connectivity index (χ0v) is 14.0. The molecule has 2 N–H and O–H groups in total. The van der Waals surface area contributed by atoms with E-state index in [-0.39, 0.29) is 5.92 Å². The van der Waals surface area contributed by atoms with Crippen molar-refractivity contribution < 1.29 is 4.52 Å². The van der Waals surface area contributed by atoms with Crippen LogP contribution >= 0.6 is 11.8 Å². The first kappa shape index (κ1) is 15.5. The number of thioether (sulfide) groups is 1. The monoisotopic (exact) mass is 330 g/mol. The standard InChI is InChI=1S/C15H18N6OS/c1-9(2)13-17-12(22-20-13)8-23-15-19-18-14(21(15)16)11-6-4-10(3)5-7-11/h4-7,9H,8,16H2,1-3H3. The van der Waals surface area contributed by atoms with Gasteiger partial charge in [0.25, 0.3) is 0 Å². The van der Waals surface area contributed by atoms with Crippen molar-refractivity contribution in [1.82, 2.24) is 25.0 Å². The summed E-state index contributed by atoms with van der Waals surface area (Å²) in [6.07, 6.45) is 0. The number of benzene rings is 1. The van der Waals surface area contributed by atoms with E-state index in [4.69, 9.17) is 10.4 Å². The fraction of sp³-hybridized carbons (Fsp3) is 0.333. The number of aryl methyl sites for hydroxylation is 1. The van der Waals surface area contributed by atoms with E-state index in [1.165, 1.54) is 22.0 Å². The van der Waals surface area contributed by atoms with Gasteiger partial charge in [-0.05, 0) is 6.92 Å². The molecule has 0 atom stereocenters. The highest BCUT2D eigenvalue weighted by Crippen LogP contribution is 2.24. The third-order valence-electron chi connectivity index (χ3n) is 3.30. The summed E-state index contributed by atoms with van der Waals surface area (Å²) in [7, 11) is 0. The molecule has 7 nitrogen and oxygen atoms in total. The Labute approximate surface area is 138 Å². The van der Waals surface area contributed by atoms with E-state index in [9.17, 15) is 0 Å². The van der Waals surface area contributed by atoms with E-state index < -0.39 is 0 Å². The molecule has 1 aromatic carbocycles. The molecule has 0 spiro atoms. The first-order valence-electron chi connectivity index (χ1n) is 7.27. The number of hydrogen-bond donors (Lipinski definition) is 1. The molecule has 0 aliphatic carbocycles. The SMILES string of the molecule is Cc1ccc(-c2nnc(SCc3nc(C(C)C)no3)n2N)cc1. The van der Waals surface area contributed by atoms with E-state index in [1.54, 1.807) is 0 Å². The lowest BCUT2D eigenvalue weighted by atomic mass is 10.1. The minimum absolute atomic E-state index is 0.240. The van der Waals surface area contributed by atoms with Crippen LogP contribution in [0.1, 0.15) is 37.0 Å². The lowest BCUT2D eigenvalue weighted by molar-refractivity contribution is 0.382. The number of nitrogens with zero attached hydrogens (tertiary/aromatic N) is 5. The summed E-state index contributed by atoms with van der Waals surface area (Å²) in [6, 6.07) is 7.99. The second-order valence-corrected chi connectivity index (χ2v) is 6.47. The van der Waals surface area contributed by atoms with Crippen molar-refractivity contribution in [3.8, 4) is 11.4 Å². The van der Waals surface area contributed by atoms with E-state index >= 15 is 0 Å². The number of aromatic nitrogens is 5. The minimum atomic E-state index is 0.240. The highest BCUT2D eigenvalue weighted by atomic mass is 32.2. The second-order valence-electron chi connectivity index (χ2n) is 5.53. The van der Waals surface area contributed by atoms with Gasteiger partial charge in [-0.3, -0.25) is 0 Å². The highest BCUT2D eigenvalue weighted by Gasteiger charge is 2.15. The van der Waals surface area contributed by atoms with Gasteiger partial charge in [0.1, 0.15) is 0 Å². The molecule has 0 bridgehead atoms. The predicted molar refractivity (Wildman–Crippen MR) is 88.3 cm³/mol. The van der Waals surface area contributed by atoms with Crippen molar-refractivity contribution >= 4 is 11.8 Å². The number of rotatable bonds is 5. The van der Waals surface area contributed by atoms with Gasteiger partial charge in [-0.2, -0.15) is 4.98 Å². The van der Waals surface area contributed by atoms with Gasteiger partial charge in [0, 0.05) is 11.5 Å². The second kappa shape index (κ2) is 6.41. The Morgan fingerprint density at radius 2 is 1.96 bits per heavy atom. The quantitative estimate of drug-likeness (QED) is 0.567. The molecule has 120 valence electrons. The summed E-state index contributed by atoms with van der Waals surface area (Å²) >= 11 is 1.41. The van der Waals surface area contributed by atoms with Gasteiger partial charge in [-0.1, -0.05) is 60.6 Å². The Bertz CT molecular complexity index is 793. The lowest BCUT2D eigenvalue weighted by Crippen LogP contribution is -2.11. The summed E-state index contributed by atoms with van der Waals surface area (Å²) in [5.74, 6) is 8.72. The van der Waals surface area contributed by atoms with Crippen LogP contribution in [0.2, 0.25) is 0 Å². The fourth-order valence-electron chi connectivity index (χ4n) is 1.96. The lowest BCUT2D eigenvalue weighted by Gasteiger charge is -2.03. The molecule has 3 rings (SSSR count). The van der Waals surface area contributed by atoms with Crippen LogP contribution in [0, 0.1) is 6.92 Å². The Balaban J connectivity index is 1.72. The summed E-state index contributed by atoms with van der Waals surface area (Å²) in [4.78, 5) is 4.33. The van der Waals surface area contributed by atoms with Gasteiger partial charge in [-0.25, -0.2) is 4.68 Å². The number of nitrogen functional groups attached to an aromatic ring is 1. The Kier molecular flexibility index (Phi) is 4.33. The minimum Gasteiger partial charge on any atom is -0.338 e. The van der Waals surface area contributed by atoms with Gasteiger partial charge < -0.3 is 10.4 Å². The van der Waals surface area contributed by atoms with Crippen LogP contribution in [-0.4, -0.2) is 25.0 Å². The first-order valence-corrected chi connectivity index (χ1v) is 8.26. The Morgan fingerprint density at radius 1 is 1.22 bits per heavy atom. The van der Waals surface area contributed by atoms with Crippen LogP contribution < -0.4 is 5.84 Å². The van der Waals surface area contributed by atoms with Crippen LogP contribution in [0.15, 0.2) is 33.9 Å². The van der Waals surface area contributed by atoms with Gasteiger partial charge in [0.05, 0.1) is 5.75 Å². The van der Waals surface area contributed by atoms with Crippen LogP contribution in [-0.2, 0) is 5.75 Å². The van der Waals surface area contributed by atoms with Crippen molar-refractivity contribution in [3.63, 3.8) is 0 Å². The summed E-state index contributed by atoms with van der Waals surface area (Å²) in [5.41, 5.74) is 2.11. The molecule has 2 aromatic heterocycles. The largest absolute Gasteiger partial charge is 0.338 e. The first-order chi connectivity index (χ1) is 11.0. The maximum absolute atomic E-state index is 6.10. The maximum Gasteiger partial charge on any atom is 0.237 e. The van der Waals surface area contributed by atoms with E-state index in [2.05, 4.69) is 20.3 Å². The van der Waals surface area contributed by atoms with Crippen molar-refractivity contribution in [2.45, 2.75) is 37.6 Å². The van der Waals surface area contributed by atoms with Crippen LogP contribution in [0.4, 0.5) is 0 Å². The summed E-state index contributed by atoms with van der Waals surface area (Å²) < 4.78 is 6.69. The Morgan fingerprint density at radius 3 is 2.61 bits per heavy atom. The van der Waals surface area contributed by atoms with Crippen molar-refractivity contribution in [3.05, 3.63) is 41.5 Å². The van der Waals surface area contributed by atoms with Gasteiger partial charge in [-0.15, -0.1) is 10.2 Å². The van der Waals surface area contributed by atoms with Crippen molar-refractivity contribution in [2.24, 2.45) is 0 Å². The molecule has 0 radical (unpaired) electrons. The molecular formula is C15H18N6OS. The topological polar surface area (TPSA) is 95.6 Å². The summed E-state index contributed by atoms with van der Waals surface area (Å²) in [6.45, 7) is 6.08. The van der Waals surface area contributed by atoms with Gasteiger partial charge in [0.15, 0.2) is 11.6 Å². The molecule has 2 heterocycles. The molecule has 0 saturated heterocycles. The van der Waals surface area contributed by atoms with Crippen LogP contribution in [0.3, 0.4) is 0 Å². The van der Waals surface area contributed by atoms with E-state index in [0.29, 0.717) is 28.4 Å². The average Bonchev–Trinajstić information content (AvgIpc) is 3.13. The molecule has 0 saturated carbocycles. The zero-order chi connectivity index (χ0) is 16.4. The molecule has 8 heteroatoms. The van der Waals surface area contributed by atoms with Crippen molar-refractivity contribution in [1.29, 1.82) is 0 Å². The molecule has 0 fully saturated rings. The fourth-order valence-corrected chi connectivity index (χ4v) is 2.66. The van der Waals surface area contributed by atoms with Crippen LogP contribution in [0.25, 0.3) is 11.4 Å². The molecular weight excluding hydrogens is 312 g/mol. The summed E-state index contributed by atoms with van der Waals surface area (Å²) in [5, 5.41) is 12.8. The van der Waals surface area contributed by atoms with Gasteiger partial charge in [0.2, 0.25) is 11.0 Å². The van der Waals surface area contributed by atoms with E-state index in [0.717, 1.165) is 5.56 Å². The molecule has 0 unspecified atom stereocenters. The molecule has 3 aromatic rings. The normalized spacial score (nSPS) is 11.3. The van der Waals surface area contributed by atoms with Crippen LogP contribution in [0.5, 0.6) is 0 Å². The third kappa shape index (κ3) is 3.37. The number of hydrogen-bond acceptors (Lipinski definition) is 7. The van der Waals surface area contributed by atoms with E-state index in [1.807, 2.05) is 45.0 Å². The van der Waals surface area contributed by atoms with Crippen molar-refractivity contribution in [2.75, 3.05) is 5.84 Å². The molecule has 0 amide bonds. The zero-order valence-electron chi connectivity index (χ0n) is 13.2. The smallest absolute Gasteiger partial charge is 0.237 e. The average molecular weight is 330 g/mol. The molecule has 0 aliphatic heterocycles. The number of nitrogens with two attached hydrogens (primary N) is 1. The third-order valence-corrected chi connectivity index (χ3v) is 4.23. The molecule has 23 heavy (non-hydrogen) atoms. The maximum atomic E-state index is 6.10. The Hall–Kier alpha value is -2.35. The highest BCUT2D eigenvalue weighted by molar-refractivity contribution is 7.98.